The Labute approximate surface area is 139 Å². The van der Waals surface area contributed by atoms with Gasteiger partial charge in [-0.05, 0) is 39.5 Å². The highest BCUT2D eigenvalue weighted by atomic mass is 16.6. The van der Waals surface area contributed by atoms with Crippen molar-refractivity contribution in [3.8, 4) is 0 Å². The first kappa shape index (κ1) is 21.4. The zero-order valence-electron chi connectivity index (χ0n) is 15.2. The highest BCUT2D eigenvalue weighted by molar-refractivity contribution is 5.99. The fraction of sp³-hybridized carbons (Fsp3) is 0.824. The van der Waals surface area contributed by atoms with Crippen molar-refractivity contribution < 1.29 is 24.2 Å². The normalized spacial score (nSPS) is 12.8. The first-order chi connectivity index (χ1) is 10.5. The summed E-state index contributed by atoms with van der Waals surface area (Å²) in [6.45, 7) is 11.5. The number of carboxylic acid groups (broad SMARTS) is 1. The van der Waals surface area contributed by atoms with Crippen LogP contribution in [0.2, 0.25) is 0 Å². The summed E-state index contributed by atoms with van der Waals surface area (Å²) in [6.07, 6.45) is 0.878. The van der Waals surface area contributed by atoms with Crippen molar-refractivity contribution in [1.29, 1.82) is 0 Å². The van der Waals surface area contributed by atoms with Crippen LogP contribution in [0.1, 0.15) is 67.2 Å². The minimum atomic E-state index is -1.18. The maximum absolute atomic E-state index is 12.5. The van der Waals surface area contributed by atoms with Crippen molar-refractivity contribution in [3.63, 3.8) is 0 Å². The zero-order chi connectivity index (χ0) is 18.2. The van der Waals surface area contributed by atoms with Crippen LogP contribution in [-0.4, -0.2) is 46.0 Å². The summed E-state index contributed by atoms with van der Waals surface area (Å²) in [6, 6.07) is -0.757. The first-order valence-electron chi connectivity index (χ1n) is 8.22. The molecule has 0 rings (SSSR count). The fourth-order valence-corrected chi connectivity index (χ4v) is 2.17. The van der Waals surface area contributed by atoms with Crippen molar-refractivity contribution in [2.24, 2.45) is 5.92 Å². The number of amides is 1. The summed E-state index contributed by atoms with van der Waals surface area (Å²) in [5.74, 6) is -1.47. The van der Waals surface area contributed by atoms with Gasteiger partial charge in [-0.2, -0.15) is 0 Å². The van der Waals surface area contributed by atoms with Gasteiger partial charge in [0.15, 0.2) is 5.78 Å². The van der Waals surface area contributed by atoms with Crippen molar-refractivity contribution in [1.82, 2.24) is 4.90 Å². The highest BCUT2D eigenvalue weighted by Gasteiger charge is 2.33. The van der Waals surface area contributed by atoms with E-state index < -0.39 is 35.9 Å². The number of aliphatic carboxylic acids is 1. The lowest BCUT2D eigenvalue weighted by atomic mass is 9.97. The lowest BCUT2D eigenvalue weighted by Crippen LogP contribution is -2.48. The average molecular weight is 329 g/mol. The van der Waals surface area contributed by atoms with Gasteiger partial charge in [0.2, 0.25) is 0 Å². The number of nitrogens with zero attached hydrogens (tertiary/aromatic N) is 1. The molecule has 23 heavy (non-hydrogen) atoms. The minimum Gasteiger partial charge on any atom is -0.481 e. The molecule has 0 aliphatic rings. The summed E-state index contributed by atoms with van der Waals surface area (Å²) in [5, 5.41) is 8.89. The van der Waals surface area contributed by atoms with E-state index in [0.717, 1.165) is 12.8 Å². The zero-order valence-corrected chi connectivity index (χ0v) is 15.2. The molecule has 0 aromatic rings. The summed E-state index contributed by atoms with van der Waals surface area (Å²) in [7, 11) is 0. The maximum Gasteiger partial charge on any atom is 0.410 e. The molecule has 0 unspecified atom stereocenters. The van der Waals surface area contributed by atoms with Crippen LogP contribution in [0.4, 0.5) is 4.79 Å². The van der Waals surface area contributed by atoms with Gasteiger partial charge in [-0.25, -0.2) is 4.79 Å². The van der Waals surface area contributed by atoms with Crippen LogP contribution in [0.25, 0.3) is 0 Å². The first-order valence-corrected chi connectivity index (χ1v) is 8.22. The van der Waals surface area contributed by atoms with E-state index in [1.54, 1.807) is 20.8 Å². The molecule has 0 aromatic heterocycles. The molecule has 1 amide bonds. The lowest BCUT2D eigenvalue weighted by Gasteiger charge is -2.33. The molecule has 1 atom stereocenters. The van der Waals surface area contributed by atoms with Crippen LogP contribution >= 0.6 is 0 Å². The molecule has 0 fully saturated rings. The number of ether oxygens (including phenoxy) is 1. The average Bonchev–Trinajstić information content (AvgIpc) is 2.34. The van der Waals surface area contributed by atoms with Gasteiger partial charge in [-0.15, -0.1) is 0 Å². The predicted molar refractivity (Wildman–Crippen MR) is 88.4 cm³/mol. The molecule has 0 aromatic carbocycles. The van der Waals surface area contributed by atoms with E-state index in [2.05, 4.69) is 0 Å². The standard InChI is InChI=1S/C17H31NO5/c1-7-8-9-18(16(22)23-17(4,5)6)13(10-12(2)3)14(19)11-15(20)21/h12-13H,7-11H2,1-6H3,(H,20,21)/t13-/m0/s1. The molecular formula is C17H31NO5. The molecule has 0 aliphatic carbocycles. The van der Waals surface area contributed by atoms with Gasteiger partial charge in [0.1, 0.15) is 12.0 Å². The smallest absolute Gasteiger partial charge is 0.410 e. The SMILES string of the molecule is CCCCN(C(=O)OC(C)(C)C)[C@@H](CC(C)C)C(=O)CC(=O)O. The Morgan fingerprint density at radius 2 is 1.74 bits per heavy atom. The number of rotatable bonds is 9. The van der Waals surface area contributed by atoms with Crippen molar-refractivity contribution >= 4 is 17.8 Å². The Hall–Kier alpha value is -1.59. The van der Waals surface area contributed by atoms with Gasteiger partial charge < -0.3 is 9.84 Å². The van der Waals surface area contributed by atoms with Crippen molar-refractivity contribution in [2.45, 2.75) is 78.9 Å². The van der Waals surface area contributed by atoms with E-state index in [1.807, 2.05) is 20.8 Å². The van der Waals surface area contributed by atoms with E-state index in [1.165, 1.54) is 4.90 Å². The number of carbonyl (C=O) groups is 3. The van der Waals surface area contributed by atoms with E-state index in [-0.39, 0.29) is 5.92 Å². The fourth-order valence-electron chi connectivity index (χ4n) is 2.17. The molecule has 0 saturated carbocycles. The van der Waals surface area contributed by atoms with E-state index in [9.17, 15) is 14.4 Å². The number of Topliss-reactive ketones (excluding diaryl/α,β-unsaturated/α-hetero) is 1. The Morgan fingerprint density at radius 1 is 1.17 bits per heavy atom. The summed E-state index contributed by atoms with van der Waals surface area (Å²) < 4.78 is 5.40. The van der Waals surface area contributed by atoms with Gasteiger partial charge in [-0.3, -0.25) is 14.5 Å². The van der Waals surface area contributed by atoms with Crippen LogP contribution in [0.15, 0.2) is 0 Å². The van der Waals surface area contributed by atoms with Gasteiger partial charge >= 0.3 is 12.1 Å². The molecular weight excluding hydrogens is 298 g/mol. The van der Waals surface area contributed by atoms with Gasteiger partial charge in [0.25, 0.3) is 0 Å². The molecule has 0 spiro atoms. The molecule has 0 heterocycles. The number of hydrogen-bond donors (Lipinski definition) is 1. The van der Waals surface area contributed by atoms with E-state index in [0.29, 0.717) is 13.0 Å². The van der Waals surface area contributed by atoms with Crippen LogP contribution in [0.5, 0.6) is 0 Å². The van der Waals surface area contributed by atoms with Crippen LogP contribution in [-0.2, 0) is 14.3 Å². The number of ketones is 1. The third kappa shape index (κ3) is 9.21. The number of carboxylic acids is 1. The topological polar surface area (TPSA) is 83.9 Å². The Morgan fingerprint density at radius 3 is 2.13 bits per heavy atom. The molecule has 0 bridgehead atoms. The predicted octanol–water partition coefficient (Wildman–Crippen LogP) is 3.48. The number of hydrogen-bond acceptors (Lipinski definition) is 4. The van der Waals surface area contributed by atoms with Gasteiger partial charge in [-0.1, -0.05) is 27.2 Å². The van der Waals surface area contributed by atoms with E-state index >= 15 is 0 Å². The third-order valence-electron chi connectivity index (χ3n) is 3.15. The second kappa shape index (κ2) is 9.53. The van der Waals surface area contributed by atoms with Crippen LogP contribution < -0.4 is 0 Å². The second-order valence-electron chi connectivity index (χ2n) is 7.21. The summed E-state index contributed by atoms with van der Waals surface area (Å²) >= 11 is 0. The summed E-state index contributed by atoms with van der Waals surface area (Å²) in [5.41, 5.74) is -0.667. The largest absolute Gasteiger partial charge is 0.481 e. The van der Waals surface area contributed by atoms with Crippen molar-refractivity contribution in [3.05, 3.63) is 0 Å². The molecule has 134 valence electrons. The number of unbranched alkanes of at least 4 members (excludes halogenated alkanes) is 1. The van der Waals surface area contributed by atoms with Crippen LogP contribution in [0.3, 0.4) is 0 Å². The monoisotopic (exact) mass is 329 g/mol. The molecule has 0 aliphatic heterocycles. The Bertz CT molecular complexity index is 412. The Kier molecular flexibility index (Phi) is 8.87. The van der Waals surface area contributed by atoms with Gasteiger partial charge in [0.05, 0.1) is 6.04 Å². The number of carbonyl (C=O) groups excluding carboxylic acids is 2. The van der Waals surface area contributed by atoms with E-state index in [4.69, 9.17) is 9.84 Å². The summed E-state index contributed by atoms with van der Waals surface area (Å²) in [4.78, 5) is 37.1. The van der Waals surface area contributed by atoms with Crippen molar-refractivity contribution in [2.75, 3.05) is 6.54 Å². The molecule has 1 N–H and O–H groups in total. The Balaban J connectivity index is 5.39. The maximum atomic E-state index is 12.5. The molecule has 6 heteroatoms. The molecule has 0 radical (unpaired) electrons. The molecule has 6 nitrogen and oxygen atoms in total. The lowest BCUT2D eigenvalue weighted by molar-refractivity contribution is -0.141. The van der Waals surface area contributed by atoms with Gasteiger partial charge in [0, 0.05) is 6.54 Å². The second-order valence-corrected chi connectivity index (χ2v) is 7.21. The van der Waals surface area contributed by atoms with Crippen LogP contribution in [0, 0.1) is 5.92 Å². The highest BCUT2D eigenvalue weighted by Crippen LogP contribution is 2.19. The molecule has 0 saturated heterocycles. The minimum absolute atomic E-state index is 0.157. The quantitative estimate of drug-likeness (QED) is 0.655. The third-order valence-corrected chi connectivity index (χ3v) is 3.15.